The third-order valence-electron chi connectivity index (χ3n) is 1.97. The van der Waals surface area contributed by atoms with E-state index in [1.54, 1.807) is 0 Å². The summed E-state index contributed by atoms with van der Waals surface area (Å²) in [4.78, 5) is 20.4. The van der Waals surface area contributed by atoms with Gasteiger partial charge in [0.05, 0.1) is 27.7 Å². The number of hydrogen-bond donors (Lipinski definition) is 2. The highest BCUT2D eigenvalue weighted by Gasteiger charge is 2.22. The standard InChI is InChI=1S/C11H23N2O6P/c1-5-8-17-11(14)12-6-9-18-20(15,16)19-10-7-13(2,3)4/h5H,1,6-10H2,2-4H3,(H-,12,14,15,16)/p+1. The zero-order chi connectivity index (χ0) is 15.6. The van der Waals surface area contributed by atoms with E-state index in [1.807, 2.05) is 21.1 Å². The predicted octanol–water partition coefficient (Wildman–Crippen LogP) is 0.738. The molecule has 0 saturated carbocycles. The van der Waals surface area contributed by atoms with Crippen LogP contribution in [0.25, 0.3) is 0 Å². The number of phosphoric ester groups is 1. The molecule has 2 N–H and O–H groups in total. The van der Waals surface area contributed by atoms with E-state index in [9.17, 15) is 14.3 Å². The molecule has 0 radical (unpaired) electrons. The molecule has 0 aliphatic heterocycles. The molecule has 8 nitrogen and oxygen atoms in total. The summed E-state index contributed by atoms with van der Waals surface area (Å²) in [7, 11) is 1.73. The molecule has 118 valence electrons. The van der Waals surface area contributed by atoms with Gasteiger partial charge >= 0.3 is 13.9 Å². The van der Waals surface area contributed by atoms with Crippen molar-refractivity contribution in [1.82, 2.24) is 5.32 Å². The Kier molecular flexibility index (Phi) is 8.68. The fraction of sp³-hybridized carbons (Fsp3) is 0.727. The van der Waals surface area contributed by atoms with Crippen molar-refractivity contribution >= 4 is 13.9 Å². The average Bonchev–Trinajstić information content (AvgIpc) is 2.30. The van der Waals surface area contributed by atoms with E-state index in [4.69, 9.17) is 9.05 Å². The zero-order valence-corrected chi connectivity index (χ0v) is 13.1. The van der Waals surface area contributed by atoms with Gasteiger partial charge < -0.3 is 19.4 Å². The third kappa shape index (κ3) is 12.1. The number of carbonyl (C=O) groups excluding carboxylic acids is 1. The highest BCUT2D eigenvalue weighted by Crippen LogP contribution is 2.42. The van der Waals surface area contributed by atoms with Gasteiger partial charge in [-0.1, -0.05) is 12.7 Å². The average molecular weight is 311 g/mol. The van der Waals surface area contributed by atoms with Crippen LogP contribution in [-0.2, 0) is 18.3 Å². The molecule has 0 aromatic rings. The quantitative estimate of drug-likeness (QED) is 0.267. The summed E-state index contributed by atoms with van der Waals surface area (Å²) >= 11 is 0. The van der Waals surface area contributed by atoms with E-state index in [0.29, 0.717) is 11.0 Å². The molecule has 0 aromatic heterocycles. The lowest BCUT2D eigenvalue weighted by Gasteiger charge is -2.24. The van der Waals surface area contributed by atoms with Crippen molar-refractivity contribution in [3.63, 3.8) is 0 Å². The molecule has 1 atom stereocenters. The largest absolute Gasteiger partial charge is 0.472 e. The van der Waals surface area contributed by atoms with Gasteiger partial charge in [-0.25, -0.2) is 9.36 Å². The highest BCUT2D eigenvalue weighted by molar-refractivity contribution is 7.47. The molecule has 20 heavy (non-hydrogen) atoms. The van der Waals surface area contributed by atoms with Gasteiger partial charge in [0.25, 0.3) is 0 Å². The predicted molar refractivity (Wildman–Crippen MR) is 74.2 cm³/mol. The summed E-state index contributed by atoms with van der Waals surface area (Å²) in [5.74, 6) is 0. The van der Waals surface area contributed by atoms with Crippen LogP contribution in [0.1, 0.15) is 0 Å². The van der Waals surface area contributed by atoms with Crippen molar-refractivity contribution in [1.29, 1.82) is 0 Å². The van der Waals surface area contributed by atoms with Gasteiger partial charge in [0, 0.05) is 6.54 Å². The summed E-state index contributed by atoms with van der Waals surface area (Å²) in [6.45, 7) is 4.05. The van der Waals surface area contributed by atoms with Gasteiger partial charge in [0.1, 0.15) is 19.8 Å². The molecule has 0 aromatic carbocycles. The van der Waals surface area contributed by atoms with E-state index < -0.39 is 13.9 Å². The van der Waals surface area contributed by atoms with Crippen LogP contribution in [0.15, 0.2) is 12.7 Å². The van der Waals surface area contributed by atoms with Crippen molar-refractivity contribution in [3.8, 4) is 0 Å². The first-order valence-electron chi connectivity index (χ1n) is 6.10. The second-order valence-electron chi connectivity index (χ2n) is 4.96. The van der Waals surface area contributed by atoms with Crippen molar-refractivity contribution in [2.45, 2.75) is 0 Å². The second-order valence-corrected chi connectivity index (χ2v) is 6.42. The van der Waals surface area contributed by atoms with Crippen LogP contribution in [0.4, 0.5) is 4.79 Å². The Morgan fingerprint density at radius 2 is 1.95 bits per heavy atom. The Hall–Kier alpha value is -0.920. The molecule has 0 aliphatic carbocycles. The monoisotopic (exact) mass is 311 g/mol. The van der Waals surface area contributed by atoms with Crippen LogP contribution in [0.5, 0.6) is 0 Å². The van der Waals surface area contributed by atoms with Crippen molar-refractivity contribution in [2.24, 2.45) is 0 Å². The number of alkyl carbamates (subject to hydrolysis) is 1. The molecule has 0 rings (SSSR count). The van der Waals surface area contributed by atoms with Gasteiger partial charge in [-0.3, -0.25) is 9.05 Å². The Bertz CT molecular complexity index is 355. The minimum atomic E-state index is -4.08. The van der Waals surface area contributed by atoms with E-state index in [0.717, 1.165) is 0 Å². The van der Waals surface area contributed by atoms with Crippen LogP contribution in [0.3, 0.4) is 0 Å². The minimum Gasteiger partial charge on any atom is -0.445 e. The van der Waals surface area contributed by atoms with E-state index >= 15 is 0 Å². The summed E-state index contributed by atoms with van der Waals surface area (Å²) in [5, 5.41) is 2.35. The smallest absolute Gasteiger partial charge is 0.445 e. The van der Waals surface area contributed by atoms with Gasteiger partial charge in [-0.2, -0.15) is 0 Å². The number of hydrogen-bond acceptors (Lipinski definition) is 5. The third-order valence-corrected chi connectivity index (χ3v) is 2.99. The number of nitrogens with zero attached hydrogens (tertiary/aromatic N) is 1. The summed E-state index contributed by atoms with van der Waals surface area (Å²) in [5.41, 5.74) is 0. The lowest BCUT2D eigenvalue weighted by atomic mass is 10.5. The maximum Gasteiger partial charge on any atom is 0.472 e. The lowest BCUT2D eigenvalue weighted by molar-refractivity contribution is -0.870. The van der Waals surface area contributed by atoms with Crippen LogP contribution in [0.2, 0.25) is 0 Å². The van der Waals surface area contributed by atoms with Gasteiger partial charge in [0.2, 0.25) is 0 Å². The van der Waals surface area contributed by atoms with E-state index in [-0.39, 0.29) is 26.4 Å². The van der Waals surface area contributed by atoms with Crippen LogP contribution in [0, 0.1) is 0 Å². The van der Waals surface area contributed by atoms with Crippen molar-refractivity contribution in [2.75, 3.05) is 54.1 Å². The summed E-state index contributed by atoms with van der Waals surface area (Å²) in [6.07, 6.45) is 0.784. The molecule has 9 heteroatoms. The molecule has 0 saturated heterocycles. The first-order chi connectivity index (χ1) is 9.16. The zero-order valence-electron chi connectivity index (χ0n) is 12.2. The van der Waals surface area contributed by atoms with Crippen LogP contribution < -0.4 is 5.32 Å². The van der Waals surface area contributed by atoms with Crippen LogP contribution >= 0.6 is 7.82 Å². The van der Waals surface area contributed by atoms with Crippen molar-refractivity contribution in [3.05, 3.63) is 12.7 Å². The first kappa shape index (κ1) is 19.1. The minimum absolute atomic E-state index is 0.0409. The molecule has 0 bridgehead atoms. The maximum atomic E-state index is 11.5. The molecular weight excluding hydrogens is 287 g/mol. The molecule has 0 aliphatic rings. The summed E-state index contributed by atoms with van der Waals surface area (Å²) < 4.78 is 26.2. The maximum absolute atomic E-state index is 11.5. The Labute approximate surface area is 119 Å². The highest BCUT2D eigenvalue weighted by atomic mass is 31.2. The molecule has 1 amide bonds. The molecule has 1 unspecified atom stereocenters. The molecule has 0 heterocycles. The van der Waals surface area contributed by atoms with Gasteiger partial charge in [-0.15, -0.1) is 0 Å². The fourth-order valence-corrected chi connectivity index (χ4v) is 1.68. The van der Waals surface area contributed by atoms with Crippen molar-refractivity contribution < 1.29 is 32.5 Å². The number of phosphoric acid groups is 1. The van der Waals surface area contributed by atoms with Crippen LogP contribution in [-0.4, -0.2) is 69.5 Å². The SMILES string of the molecule is C=CCOC(=O)NCCOP(=O)(O)OCC[N+](C)(C)C. The Balaban J connectivity index is 3.74. The first-order valence-corrected chi connectivity index (χ1v) is 7.60. The number of amides is 1. The van der Waals surface area contributed by atoms with Gasteiger partial charge in [-0.05, 0) is 0 Å². The topological polar surface area (TPSA) is 94.1 Å². The van der Waals surface area contributed by atoms with Gasteiger partial charge in [0.15, 0.2) is 0 Å². The number of ether oxygens (including phenoxy) is 1. The van der Waals surface area contributed by atoms with E-state index in [2.05, 4.69) is 16.6 Å². The number of nitrogens with one attached hydrogen (secondary N) is 1. The second kappa shape index (κ2) is 9.10. The summed E-state index contributed by atoms with van der Waals surface area (Å²) in [6, 6.07) is 0. The number of likely N-dealkylation sites (N-methyl/N-ethyl adjacent to an activating group) is 1. The number of quaternary nitrogens is 1. The molecule has 0 fully saturated rings. The number of carbonyl (C=O) groups is 1. The Morgan fingerprint density at radius 1 is 1.35 bits per heavy atom. The molecule has 0 spiro atoms. The normalized spacial score (nSPS) is 14.4. The lowest BCUT2D eigenvalue weighted by Crippen LogP contribution is -2.37. The Morgan fingerprint density at radius 3 is 2.50 bits per heavy atom. The fourth-order valence-electron chi connectivity index (χ4n) is 0.967. The van der Waals surface area contributed by atoms with E-state index in [1.165, 1.54) is 6.08 Å². The number of rotatable bonds is 10. The molecular formula is C11H24N2O6P+.